The second-order valence-corrected chi connectivity index (χ2v) is 6.10. The van der Waals surface area contributed by atoms with E-state index in [4.69, 9.17) is 5.21 Å². The molecule has 136 valence electrons. The molecule has 1 aliphatic rings. The van der Waals surface area contributed by atoms with Gasteiger partial charge in [0.05, 0.1) is 5.56 Å². The molecule has 2 aromatic rings. The van der Waals surface area contributed by atoms with E-state index in [1.165, 1.54) is 12.1 Å². The third kappa shape index (κ3) is 3.74. The number of nitrogens with one attached hydrogen (secondary N) is 1. The minimum atomic E-state index is -0.646. The van der Waals surface area contributed by atoms with Crippen molar-refractivity contribution in [3.63, 3.8) is 0 Å². The van der Waals surface area contributed by atoms with Crippen molar-refractivity contribution in [2.75, 3.05) is 26.2 Å². The maximum absolute atomic E-state index is 13.8. The molecule has 1 heterocycles. The molecule has 1 atom stereocenters. The third-order valence-electron chi connectivity index (χ3n) is 4.54. The fourth-order valence-electron chi connectivity index (χ4n) is 3.21. The van der Waals surface area contributed by atoms with Crippen LogP contribution in [0.25, 0.3) is 0 Å². The number of benzene rings is 2. The van der Waals surface area contributed by atoms with Crippen LogP contribution in [0.5, 0.6) is 0 Å². The Balaban J connectivity index is 1.71. The molecule has 0 bridgehead atoms. The summed E-state index contributed by atoms with van der Waals surface area (Å²) in [7, 11) is 0. The minimum absolute atomic E-state index is 0.0497. The van der Waals surface area contributed by atoms with Gasteiger partial charge in [-0.15, -0.1) is 0 Å². The average Bonchev–Trinajstić information content (AvgIpc) is 2.69. The Kier molecular flexibility index (Phi) is 5.60. The van der Waals surface area contributed by atoms with Crippen molar-refractivity contribution in [2.45, 2.75) is 6.04 Å². The van der Waals surface area contributed by atoms with Crippen LogP contribution in [0.1, 0.15) is 22.0 Å². The number of carbonyl (C=O) groups is 2. The molecule has 1 saturated heterocycles. The summed E-state index contributed by atoms with van der Waals surface area (Å²) in [6.07, 6.45) is 0. The summed E-state index contributed by atoms with van der Waals surface area (Å²) in [5.41, 5.74) is 2.52. The molecule has 0 radical (unpaired) electrons. The fourth-order valence-corrected chi connectivity index (χ4v) is 3.21. The molecule has 0 spiro atoms. The van der Waals surface area contributed by atoms with Gasteiger partial charge in [-0.2, -0.15) is 0 Å². The van der Waals surface area contributed by atoms with Crippen molar-refractivity contribution in [1.29, 1.82) is 0 Å². The number of piperazine rings is 1. The number of hydrogen-bond acceptors (Lipinski definition) is 4. The number of hydrogen-bond donors (Lipinski definition) is 2. The van der Waals surface area contributed by atoms with E-state index < -0.39 is 17.8 Å². The van der Waals surface area contributed by atoms with Crippen LogP contribution in [-0.4, -0.2) is 53.0 Å². The van der Waals surface area contributed by atoms with Gasteiger partial charge in [-0.1, -0.05) is 42.5 Å². The molecule has 7 heteroatoms. The average molecular weight is 357 g/mol. The first kappa shape index (κ1) is 18.0. The first-order valence-electron chi connectivity index (χ1n) is 8.38. The maximum Gasteiger partial charge on any atom is 0.265 e. The summed E-state index contributed by atoms with van der Waals surface area (Å²) in [6, 6.07) is 14.4. The van der Waals surface area contributed by atoms with Crippen molar-refractivity contribution < 1.29 is 19.2 Å². The highest BCUT2D eigenvalue weighted by Gasteiger charge is 2.32. The molecule has 26 heavy (non-hydrogen) atoms. The van der Waals surface area contributed by atoms with Gasteiger partial charge in [0.15, 0.2) is 0 Å². The van der Waals surface area contributed by atoms with Crippen LogP contribution in [0.2, 0.25) is 0 Å². The molecular formula is C19H20FN3O3. The minimum Gasteiger partial charge on any atom is -0.336 e. The normalized spacial score (nSPS) is 16.2. The van der Waals surface area contributed by atoms with Gasteiger partial charge in [0.25, 0.3) is 11.8 Å². The monoisotopic (exact) mass is 357 g/mol. The highest BCUT2D eigenvalue weighted by atomic mass is 19.1. The largest absolute Gasteiger partial charge is 0.336 e. The molecule has 2 aromatic carbocycles. The van der Waals surface area contributed by atoms with Crippen LogP contribution in [0.4, 0.5) is 4.39 Å². The van der Waals surface area contributed by atoms with Crippen LogP contribution in [-0.2, 0) is 4.79 Å². The van der Waals surface area contributed by atoms with Crippen molar-refractivity contribution in [1.82, 2.24) is 15.3 Å². The van der Waals surface area contributed by atoms with Crippen LogP contribution < -0.4 is 5.48 Å². The lowest BCUT2D eigenvalue weighted by Gasteiger charge is -2.38. The Labute approximate surface area is 150 Å². The van der Waals surface area contributed by atoms with Gasteiger partial charge in [-0.3, -0.25) is 19.7 Å². The fraction of sp³-hybridized carbons (Fsp3) is 0.263. The van der Waals surface area contributed by atoms with E-state index in [-0.39, 0.29) is 11.5 Å². The zero-order valence-electron chi connectivity index (χ0n) is 14.1. The van der Waals surface area contributed by atoms with Crippen molar-refractivity contribution in [3.05, 3.63) is 71.5 Å². The van der Waals surface area contributed by atoms with Gasteiger partial charge in [0.1, 0.15) is 11.9 Å². The van der Waals surface area contributed by atoms with E-state index in [0.717, 1.165) is 5.56 Å². The molecule has 0 saturated carbocycles. The number of rotatable bonds is 4. The predicted octanol–water partition coefficient (Wildman–Crippen LogP) is 1.83. The molecule has 6 nitrogen and oxygen atoms in total. The van der Waals surface area contributed by atoms with Crippen LogP contribution in [0.3, 0.4) is 0 Å². The summed E-state index contributed by atoms with van der Waals surface area (Å²) < 4.78 is 13.8. The predicted molar refractivity (Wildman–Crippen MR) is 93.0 cm³/mol. The molecule has 2 amide bonds. The second kappa shape index (κ2) is 8.07. The zero-order chi connectivity index (χ0) is 18.5. The quantitative estimate of drug-likeness (QED) is 0.647. The number of halogens is 1. The number of hydroxylamine groups is 1. The molecule has 1 fully saturated rings. The summed E-state index contributed by atoms with van der Waals surface area (Å²) in [6.45, 7) is 1.62. The Morgan fingerprint density at radius 3 is 2.19 bits per heavy atom. The number of amides is 2. The Bertz CT molecular complexity index is 777. The lowest BCUT2D eigenvalue weighted by Crippen LogP contribution is -2.52. The van der Waals surface area contributed by atoms with Crippen LogP contribution >= 0.6 is 0 Å². The van der Waals surface area contributed by atoms with E-state index in [2.05, 4.69) is 0 Å². The molecule has 2 N–H and O–H groups in total. The zero-order valence-corrected chi connectivity index (χ0v) is 14.1. The third-order valence-corrected chi connectivity index (χ3v) is 4.54. The molecular weight excluding hydrogens is 337 g/mol. The van der Waals surface area contributed by atoms with Gasteiger partial charge < -0.3 is 4.90 Å². The smallest absolute Gasteiger partial charge is 0.265 e. The summed E-state index contributed by atoms with van der Waals surface area (Å²) >= 11 is 0. The number of nitrogens with zero attached hydrogens (tertiary/aromatic N) is 2. The number of carbonyl (C=O) groups excluding carboxylic acids is 2. The second-order valence-electron chi connectivity index (χ2n) is 6.10. The molecule has 0 aliphatic carbocycles. The summed E-state index contributed by atoms with van der Waals surface area (Å²) in [4.78, 5) is 28.1. The molecule has 3 rings (SSSR count). The van der Waals surface area contributed by atoms with Gasteiger partial charge in [-0.05, 0) is 17.7 Å². The molecule has 1 unspecified atom stereocenters. The van der Waals surface area contributed by atoms with Gasteiger partial charge in [-0.25, -0.2) is 9.87 Å². The maximum atomic E-state index is 13.8. The van der Waals surface area contributed by atoms with E-state index in [1.54, 1.807) is 22.5 Å². The van der Waals surface area contributed by atoms with Crippen LogP contribution in [0.15, 0.2) is 54.6 Å². The van der Waals surface area contributed by atoms with Gasteiger partial charge in [0, 0.05) is 26.2 Å². The van der Waals surface area contributed by atoms with Gasteiger partial charge >= 0.3 is 0 Å². The van der Waals surface area contributed by atoms with E-state index >= 15 is 0 Å². The molecule has 0 aromatic heterocycles. The van der Waals surface area contributed by atoms with E-state index in [9.17, 15) is 14.0 Å². The Hall–Kier alpha value is -2.77. The Morgan fingerprint density at radius 1 is 0.962 bits per heavy atom. The SMILES string of the molecule is O=C(NO)C(c1ccccc1)N1CCN(C(=O)c2ccccc2F)CC1. The van der Waals surface area contributed by atoms with Crippen LogP contribution in [0, 0.1) is 5.82 Å². The molecule has 1 aliphatic heterocycles. The van der Waals surface area contributed by atoms with Crippen molar-refractivity contribution in [3.8, 4) is 0 Å². The first-order valence-corrected chi connectivity index (χ1v) is 8.38. The standard InChI is InChI=1S/C19H20FN3O3/c20-16-9-5-4-8-15(16)19(25)23-12-10-22(11-13-23)17(18(24)21-26)14-6-2-1-3-7-14/h1-9,17,26H,10-13H2,(H,21,24). The highest BCUT2D eigenvalue weighted by molar-refractivity contribution is 5.94. The Morgan fingerprint density at radius 2 is 1.58 bits per heavy atom. The van der Waals surface area contributed by atoms with Gasteiger partial charge in [0.2, 0.25) is 0 Å². The lowest BCUT2D eigenvalue weighted by molar-refractivity contribution is -0.135. The highest BCUT2D eigenvalue weighted by Crippen LogP contribution is 2.23. The van der Waals surface area contributed by atoms with E-state index in [0.29, 0.717) is 26.2 Å². The lowest BCUT2D eigenvalue weighted by atomic mass is 10.0. The first-order chi connectivity index (χ1) is 12.6. The summed E-state index contributed by atoms with van der Waals surface area (Å²) in [5, 5.41) is 9.08. The summed E-state index contributed by atoms with van der Waals surface area (Å²) in [5.74, 6) is -1.42. The topological polar surface area (TPSA) is 72.9 Å². The van der Waals surface area contributed by atoms with Crippen molar-refractivity contribution in [2.24, 2.45) is 0 Å². The van der Waals surface area contributed by atoms with Crippen molar-refractivity contribution >= 4 is 11.8 Å². The van der Waals surface area contributed by atoms with E-state index in [1.807, 2.05) is 35.2 Å².